The van der Waals surface area contributed by atoms with Crippen molar-refractivity contribution >= 4 is 0 Å². The maximum absolute atomic E-state index is 12.8. The maximum Gasteiger partial charge on any atom is 0.337 e. The summed E-state index contributed by atoms with van der Waals surface area (Å²) in [5.41, 5.74) is 1.48. The Balaban J connectivity index is 1.73. The summed E-state index contributed by atoms with van der Waals surface area (Å²) in [5.74, 6) is 1.60. The molecule has 1 heterocycles. The Morgan fingerprint density at radius 1 is 0.786 bits per heavy atom. The molecule has 148 valence electrons. The van der Waals surface area contributed by atoms with Gasteiger partial charge in [0.25, 0.3) is 0 Å². The van der Waals surface area contributed by atoms with Crippen LogP contribution in [-0.4, -0.2) is 47.9 Å². The predicted octanol–water partition coefficient (Wildman–Crippen LogP) is 3.36. The third-order valence-electron chi connectivity index (χ3n) is 4.29. The smallest absolute Gasteiger partial charge is 0.337 e. The molecule has 0 unspecified atom stereocenters. The highest BCUT2D eigenvalue weighted by molar-refractivity contribution is 5.40. The first-order valence-corrected chi connectivity index (χ1v) is 9.49. The number of likely N-dealkylation sites (N-methyl/N-ethyl adjacent to an activating group) is 1. The molecule has 1 aromatic heterocycles. The molecule has 0 N–H and O–H groups in total. The topological polar surface area (TPSA) is 48.6 Å². The molecule has 2 aromatic carbocycles. The molecule has 3 rings (SSSR count). The van der Waals surface area contributed by atoms with Crippen LogP contribution in [0.3, 0.4) is 0 Å². The molecule has 0 radical (unpaired) electrons. The van der Waals surface area contributed by atoms with E-state index in [0.717, 1.165) is 35.8 Å². The van der Waals surface area contributed by atoms with Crippen molar-refractivity contribution in [2.75, 3.05) is 33.9 Å². The Labute approximate surface area is 165 Å². The number of aromatic nitrogens is 2. The number of rotatable bonds is 9. The van der Waals surface area contributed by atoms with Gasteiger partial charge in [-0.2, -0.15) is 0 Å². The van der Waals surface area contributed by atoms with Gasteiger partial charge in [-0.3, -0.25) is 9.13 Å². The Morgan fingerprint density at radius 2 is 1.25 bits per heavy atom. The minimum absolute atomic E-state index is 0.122. The summed E-state index contributed by atoms with van der Waals surface area (Å²) in [6.45, 7) is 4.23. The van der Waals surface area contributed by atoms with Gasteiger partial charge in [0.15, 0.2) is 0 Å². The lowest BCUT2D eigenvalue weighted by atomic mass is 10.3. The monoisotopic (exact) mass is 381 g/mol. The van der Waals surface area contributed by atoms with Crippen LogP contribution >= 0.6 is 0 Å². The fourth-order valence-corrected chi connectivity index (χ4v) is 2.74. The summed E-state index contributed by atoms with van der Waals surface area (Å²) in [6, 6.07) is 15.1. The molecule has 0 bridgehead atoms. The quantitative estimate of drug-likeness (QED) is 0.570. The minimum atomic E-state index is -0.122. The average Bonchev–Trinajstić information content (AvgIpc) is 3.08. The maximum atomic E-state index is 12.8. The molecule has 0 fully saturated rings. The van der Waals surface area contributed by atoms with Gasteiger partial charge < -0.3 is 14.4 Å². The number of ether oxygens (including phenoxy) is 2. The molecule has 0 aliphatic heterocycles. The fraction of sp³-hybridized carbons (Fsp3) is 0.318. The molecule has 28 heavy (non-hydrogen) atoms. The normalized spacial score (nSPS) is 11.0. The van der Waals surface area contributed by atoms with Crippen LogP contribution in [0.15, 0.2) is 65.7 Å². The standard InChI is InChI=1S/C22H27N3O3/c1-4-16-27-20-9-5-18(6-10-20)24-13-14-25(22(24)26)19-7-11-21(12-8-19)28-17-15-23(2)3/h5-14H,4,15-17H2,1-3H3. The van der Waals surface area contributed by atoms with Gasteiger partial charge >= 0.3 is 5.69 Å². The molecule has 0 amide bonds. The second-order valence-electron chi connectivity index (χ2n) is 6.81. The van der Waals surface area contributed by atoms with Crippen LogP contribution in [0.2, 0.25) is 0 Å². The van der Waals surface area contributed by atoms with E-state index in [1.807, 2.05) is 62.6 Å². The first kappa shape index (κ1) is 19.8. The van der Waals surface area contributed by atoms with E-state index in [4.69, 9.17) is 9.47 Å². The molecule has 6 nitrogen and oxygen atoms in total. The van der Waals surface area contributed by atoms with E-state index in [2.05, 4.69) is 11.8 Å². The van der Waals surface area contributed by atoms with Gasteiger partial charge in [-0.1, -0.05) is 6.92 Å². The number of benzene rings is 2. The average molecular weight is 381 g/mol. The van der Waals surface area contributed by atoms with Crippen molar-refractivity contribution in [2.24, 2.45) is 0 Å². The van der Waals surface area contributed by atoms with Crippen LogP contribution in [0.1, 0.15) is 13.3 Å². The van der Waals surface area contributed by atoms with Gasteiger partial charge in [-0.05, 0) is 69.0 Å². The number of hydrogen-bond acceptors (Lipinski definition) is 4. The SMILES string of the molecule is CCCOc1ccc(-n2ccn(-c3ccc(OCCN(C)C)cc3)c2=O)cc1. The largest absolute Gasteiger partial charge is 0.494 e. The van der Waals surface area contributed by atoms with Gasteiger partial charge in [0, 0.05) is 18.9 Å². The molecule has 0 aliphatic rings. The molecule has 0 spiro atoms. The van der Waals surface area contributed by atoms with E-state index in [9.17, 15) is 4.79 Å². The zero-order valence-corrected chi connectivity index (χ0v) is 16.7. The Hall–Kier alpha value is -2.99. The van der Waals surface area contributed by atoms with Crippen molar-refractivity contribution < 1.29 is 9.47 Å². The summed E-state index contributed by atoms with van der Waals surface area (Å²) in [7, 11) is 4.02. The third kappa shape index (κ3) is 4.84. The van der Waals surface area contributed by atoms with Gasteiger partial charge in [0.05, 0.1) is 18.0 Å². The Kier molecular flexibility index (Phi) is 6.55. The van der Waals surface area contributed by atoms with Crippen LogP contribution in [0.5, 0.6) is 11.5 Å². The van der Waals surface area contributed by atoms with Gasteiger partial charge in [-0.25, -0.2) is 4.79 Å². The van der Waals surface area contributed by atoms with Crippen molar-refractivity contribution in [1.29, 1.82) is 0 Å². The molecular formula is C22H27N3O3. The molecule has 0 saturated heterocycles. The highest BCUT2D eigenvalue weighted by Gasteiger charge is 2.08. The van der Waals surface area contributed by atoms with E-state index in [-0.39, 0.29) is 5.69 Å². The minimum Gasteiger partial charge on any atom is -0.494 e. The van der Waals surface area contributed by atoms with Gasteiger partial charge in [0.1, 0.15) is 18.1 Å². The summed E-state index contributed by atoms with van der Waals surface area (Å²) >= 11 is 0. The second-order valence-corrected chi connectivity index (χ2v) is 6.81. The number of hydrogen-bond donors (Lipinski definition) is 0. The lowest BCUT2D eigenvalue weighted by molar-refractivity contribution is 0.261. The molecule has 0 saturated carbocycles. The van der Waals surface area contributed by atoms with Crippen LogP contribution < -0.4 is 15.2 Å². The van der Waals surface area contributed by atoms with Crippen molar-refractivity contribution in [3.05, 3.63) is 71.4 Å². The van der Waals surface area contributed by atoms with Crippen molar-refractivity contribution in [1.82, 2.24) is 14.0 Å². The summed E-state index contributed by atoms with van der Waals surface area (Å²) in [4.78, 5) is 14.9. The summed E-state index contributed by atoms with van der Waals surface area (Å²) in [5, 5.41) is 0. The van der Waals surface area contributed by atoms with Crippen molar-refractivity contribution in [2.45, 2.75) is 13.3 Å². The van der Waals surface area contributed by atoms with Crippen LogP contribution in [0, 0.1) is 0 Å². The number of nitrogens with zero attached hydrogens (tertiary/aromatic N) is 3. The van der Waals surface area contributed by atoms with Crippen LogP contribution in [0.25, 0.3) is 11.4 Å². The highest BCUT2D eigenvalue weighted by Crippen LogP contribution is 2.17. The molecule has 0 aliphatic carbocycles. The lowest BCUT2D eigenvalue weighted by Gasteiger charge is -2.11. The summed E-state index contributed by atoms with van der Waals surface area (Å²) < 4.78 is 14.5. The molecule has 3 aromatic rings. The van der Waals surface area contributed by atoms with Crippen LogP contribution in [0.4, 0.5) is 0 Å². The Morgan fingerprint density at radius 3 is 1.68 bits per heavy atom. The van der Waals surface area contributed by atoms with Gasteiger partial charge in [-0.15, -0.1) is 0 Å². The first-order chi connectivity index (χ1) is 13.6. The third-order valence-corrected chi connectivity index (χ3v) is 4.29. The highest BCUT2D eigenvalue weighted by atomic mass is 16.5. The molecule has 6 heteroatoms. The van der Waals surface area contributed by atoms with E-state index >= 15 is 0 Å². The number of imidazole rings is 1. The van der Waals surface area contributed by atoms with Crippen molar-refractivity contribution in [3.8, 4) is 22.9 Å². The predicted molar refractivity (Wildman–Crippen MR) is 111 cm³/mol. The zero-order chi connectivity index (χ0) is 19.9. The van der Waals surface area contributed by atoms with Gasteiger partial charge in [0.2, 0.25) is 0 Å². The lowest BCUT2D eigenvalue weighted by Crippen LogP contribution is -2.21. The second kappa shape index (κ2) is 9.28. The molecular weight excluding hydrogens is 354 g/mol. The van der Waals surface area contributed by atoms with E-state index in [1.165, 1.54) is 0 Å². The van der Waals surface area contributed by atoms with Crippen molar-refractivity contribution in [3.63, 3.8) is 0 Å². The first-order valence-electron chi connectivity index (χ1n) is 9.49. The Bertz CT molecular complexity index is 925. The summed E-state index contributed by atoms with van der Waals surface area (Å²) in [6.07, 6.45) is 4.50. The van der Waals surface area contributed by atoms with E-state index in [0.29, 0.717) is 13.2 Å². The van der Waals surface area contributed by atoms with E-state index < -0.39 is 0 Å². The van der Waals surface area contributed by atoms with E-state index in [1.54, 1.807) is 21.5 Å². The molecule has 0 atom stereocenters. The zero-order valence-electron chi connectivity index (χ0n) is 16.7. The van der Waals surface area contributed by atoms with Crippen LogP contribution in [-0.2, 0) is 0 Å². The fourth-order valence-electron chi connectivity index (χ4n) is 2.74.